The molecular weight excluding hydrogens is 226 g/mol. The lowest BCUT2D eigenvalue weighted by atomic mass is 10.2. The van der Waals surface area contributed by atoms with Crippen LogP contribution in [-0.2, 0) is 11.3 Å². The average molecular weight is 239 g/mol. The molecule has 0 amide bonds. The first-order valence-electron chi connectivity index (χ1n) is 5.68. The van der Waals surface area contributed by atoms with E-state index in [1.807, 2.05) is 36.4 Å². The molecule has 0 unspecified atom stereocenters. The maximum Gasteiger partial charge on any atom is 0.365 e. The number of rotatable bonds is 4. The highest BCUT2D eigenvalue weighted by atomic mass is 16.7. The zero-order valence-corrected chi connectivity index (χ0v) is 9.82. The van der Waals surface area contributed by atoms with Gasteiger partial charge in [0.15, 0.2) is 0 Å². The summed E-state index contributed by atoms with van der Waals surface area (Å²) >= 11 is 0. The van der Waals surface area contributed by atoms with Gasteiger partial charge in [-0.25, -0.2) is 4.79 Å². The fraction of sp³-hybridized carbons (Fsp3) is 0.0667. The summed E-state index contributed by atoms with van der Waals surface area (Å²) in [5.74, 6) is -0.445. The van der Waals surface area contributed by atoms with Crippen LogP contribution in [0.15, 0.2) is 65.8 Å². The van der Waals surface area contributed by atoms with Gasteiger partial charge in [-0.3, -0.25) is 0 Å². The van der Waals surface area contributed by atoms with Gasteiger partial charge in [-0.1, -0.05) is 53.7 Å². The normalized spacial score (nSPS) is 10.4. The zero-order chi connectivity index (χ0) is 12.6. The largest absolute Gasteiger partial charge is 0.365 e. The lowest BCUT2D eigenvalue weighted by Gasteiger charge is -1.97. The third kappa shape index (κ3) is 3.56. The molecule has 18 heavy (non-hydrogen) atoms. The Bertz CT molecular complexity index is 521. The van der Waals surface area contributed by atoms with Crippen LogP contribution in [0.5, 0.6) is 0 Å². The second kappa shape index (κ2) is 6.35. The van der Waals surface area contributed by atoms with Crippen molar-refractivity contribution in [2.45, 2.75) is 6.42 Å². The molecule has 0 aliphatic rings. The average Bonchev–Trinajstić information content (AvgIpc) is 2.45. The molecule has 2 aromatic carbocycles. The molecule has 0 heterocycles. The van der Waals surface area contributed by atoms with Crippen molar-refractivity contribution in [1.82, 2.24) is 0 Å². The van der Waals surface area contributed by atoms with Crippen molar-refractivity contribution in [3.63, 3.8) is 0 Å². The molecule has 2 rings (SSSR count). The third-order valence-corrected chi connectivity index (χ3v) is 2.39. The minimum atomic E-state index is -0.445. The summed E-state index contributed by atoms with van der Waals surface area (Å²) in [7, 11) is 0. The van der Waals surface area contributed by atoms with Crippen molar-refractivity contribution in [2.24, 2.45) is 5.16 Å². The van der Waals surface area contributed by atoms with E-state index in [1.54, 1.807) is 30.5 Å². The fourth-order valence-corrected chi connectivity index (χ4v) is 1.47. The molecule has 3 heteroatoms. The maximum absolute atomic E-state index is 11.5. The standard InChI is InChI=1S/C15H13NO2/c17-15(14-9-5-2-6-10-14)18-16-12-11-13-7-3-1-4-8-13/h1-10,12H,11H2/b16-12+. The highest BCUT2D eigenvalue weighted by Gasteiger charge is 2.04. The second-order valence-corrected chi connectivity index (χ2v) is 3.72. The van der Waals surface area contributed by atoms with Crippen LogP contribution in [0.4, 0.5) is 0 Å². The molecule has 0 radical (unpaired) electrons. The van der Waals surface area contributed by atoms with Crippen LogP contribution in [0, 0.1) is 0 Å². The summed E-state index contributed by atoms with van der Waals surface area (Å²) in [5, 5.41) is 3.67. The molecule has 90 valence electrons. The highest BCUT2D eigenvalue weighted by Crippen LogP contribution is 2.01. The van der Waals surface area contributed by atoms with E-state index in [4.69, 9.17) is 4.84 Å². The summed E-state index contributed by atoms with van der Waals surface area (Å²) in [6.45, 7) is 0. The van der Waals surface area contributed by atoms with Crippen LogP contribution in [-0.4, -0.2) is 12.2 Å². The molecule has 0 aliphatic carbocycles. The lowest BCUT2D eigenvalue weighted by molar-refractivity contribution is 0.0518. The molecule has 0 aliphatic heterocycles. The van der Waals surface area contributed by atoms with E-state index in [1.165, 1.54) is 0 Å². The first kappa shape index (κ1) is 12.0. The van der Waals surface area contributed by atoms with Crippen LogP contribution in [0.3, 0.4) is 0 Å². The summed E-state index contributed by atoms with van der Waals surface area (Å²) < 4.78 is 0. The van der Waals surface area contributed by atoms with E-state index >= 15 is 0 Å². The molecule has 0 bridgehead atoms. The number of oxime groups is 1. The van der Waals surface area contributed by atoms with Crippen LogP contribution >= 0.6 is 0 Å². The molecule has 0 saturated heterocycles. The molecular formula is C15H13NO2. The van der Waals surface area contributed by atoms with Gasteiger partial charge < -0.3 is 4.84 Å². The zero-order valence-electron chi connectivity index (χ0n) is 9.82. The van der Waals surface area contributed by atoms with Gasteiger partial charge in [0, 0.05) is 12.6 Å². The topological polar surface area (TPSA) is 38.7 Å². The quantitative estimate of drug-likeness (QED) is 0.467. The van der Waals surface area contributed by atoms with Crippen LogP contribution in [0.1, 0.15) is 15.9 Å². The number of carbonyl (C=O) groups is 1. The molecule has 0 fully saturated rings. The van der Waals surface area contributed by atoms with Crippen molar-refractivity contribution in [3.8, 4) is 0 Å². The Morgan fingerprint density at radius 3 is 2.28 bits per heavy atom. The smallest absolute Gasteiger partial charge is 0.313 e. The Morgan fingerprint density at radius 1 is 1.00 bits per heavy atom. The van der Waals surface area contributed by atoms with Crippen LogP contribution in [0.2, 0.25) is 0 Å². The summed E-state index contributed by atoms with van der Waals surface area (Å²) in [4.78, 5) is 16.3. The summed E-state index contributed by atoms with van der Waals surface area (Å²) in [5.41, 5.74) is 1.62. The van der Waals surface area contributed by atoms with Crippen molar-refractivity contribution in [2.75, 3.05) is 0 Å². The molecule has 0 aromatic heterocycles. The van der Waals surface area contributed by atoms with Gasteiger partial charge in [-0.2, -0.15) is 0 Å². The van der Waals surface area contributed by atoms with E-state index in [9.17, 15) is 4.79 Å². The van der Waals surface area contributed by atoms with Crippen LogP contribution in [0.25, 0.3) is 0 Å². The first-order valence-corrected chi connectivity index (χ1v) is 5.68. The summed E-state index contributed by atoms with van der Waals surface area (Å²) in [6.07, 6.45) is 2.22. The highest BCUT2D eigenvalue weighted by molar-refractivity contribution is 5.89. The predicted octanol–water partition coefficient (Wildman–Crippen LogP) is 3.07. The lowest BCUT2D eigenvalue weighted by Crippen LogP contribution is -2.00. The van der Waals surface area contributed by atoms with Crippen molar-refractivity contribution in [1.29, 1.82) is 0 Å². The van der Waals surface area contributed by atoms with Crippen molar-refractivity contribution in [3.05, 3.63) is 71.8 Å². The minimum absolute atomic E-state index is 0.445. The van der Waals surface area contributed by atoms with Gasteiger partial charge in [0.25, 0.3) is 0 Å². The van der Waals surface area contributed by atoms with Gasteiger partial charge in [0.2, 0.25) is 0 Å². The van der Waals surface area contributed by atoms with E-state index in [-0.39, 0.29) is 0 Å². The van der Waals surface area contributed by atoms with E-state index < -0.39 is 5.97 Å². The second-order valence-electron chi connectivity index (χ2n) is 3.72. The Kier molecular flexibility index (Phi) is 4.25. The summed E-state index contributed by atoms with van der Waals surface area (Å²) in [6, 6.07) is 18.6. The van der Waals surface area contributed by atoms with E-state index in [2.05, 4.69) is 5.16 Å². The molecule has 0 atom stereocenters. The van der Waals surface area contributed by atoms with Crippen molar-refractivity contribution >= 4 is 12.2 Å². The maximum atomic E-state index is 11.5. The van der Waals surface area contributed by atoms with Gasteiger partial charge in [0.1, 0.15) is 0 Å². The monoisotopic (exact) mass is 239 g/mol. The number of hydrogen-bond acceptors (Lipinski definition) is 3. The number of hydrogen-bond donors (Lipinski definition) is 0. The Labute approximate surface area is 106 Å². The molecule has 3 nitrogen and oxygen atoms in total. The van der Waals surface area contributed by atoms with E-state index in [0.29, 0.717) is 12.0 Å². The SMILES string of the molecule is O=C(O/N=C/Cc1ccccc1)c1ccccc1. The Hall–Kier alpha value is -2.42. The third-order valence-electron chi connectivity index (χ3n) is 2.39. The Balaban J connectivity index is 1.83. The number of nitrogens with zero attached hydrogens (tertiary/aromatic N) is 1. The first-order chi connectivity index (χ1) is 8.86. The molecule has 0 saturated carbocycles. The van der Waals surface area contributed by atoms with Gasteiger partial charge in [-0.15, -0.1) is 0 Å². The molecule has 0 spiro atoms. The fourth-order valence-electron chi connectivity index (χ4n) is 1.47. The minimum Gasteiger partial charge on any atom is -0.313 e. The van der Waals surface area contributed by atoms with Gasteiger partial charge in [0.05, 0.1) is 5.56 Å². The molecule has 2 aromatic rings. The number of carbonyl (C=O) groups excluding carboxylic acids is 1. The van der Waals surface area contributed by atoms with Gasteiger partial charge >= 0.3 is 5.97 Å². The van der Waals surface area contributed by atoms with Crippen LogP contribution < -0.4 is 0 Å². The molecule has 0 N–H and O–H groups in total. The van der Waals surface area contributed by atoms with Gasteiger partial charge in [-0.05, 0) is 17.7 Å². The predicted molar refractivity (Wildman–Crippen MR) is 70.5 cm³/mol. The van der Waals surface area contributed by atoms with Crippen molar-refractivity contribution < 1.29 is 9.63 Å². The Morgan fingerprint density at radius 2 is 1.61 bits per heavy atom. The number of benzene rings is 2. The van der Waals surface area contributed by atoms with E-state index in [0.717, 1.165) is 5.56 Å².